The van der Waals surface area contributed by atoms with Crippen LogP contribution in [0, 0.1) is 5.41 Å². The molecule has 0 bridgehead atoms. The molecule has 2 rings (SSSR count). The molecular weight excluding hydrogens is 300 g/mol. The van der Waals surface area contributed by atoms with Gasteiger partial charge < -0.3 is 5.32 Å². The van der Waals surface area contributed by atoms with Crippen molar-refractivity contribution in [3.63, 3.8) is 0 Å². The van der Waals surface area contributed by atoms with Gasteiger partial charge in [-0.1, -0.05) is 26.8 Å². The first kappa shape index (κ1) is 16.8. The number of fused-ring (bicyclic) bond motifs is 1. The number of anilines is 2. The number of carbonyl (C=O) groups excluding carboxylic acids is 1. The highest BCUT2D eigenvalue weighted by Crippen LogP contribution is 2.32. The zero-order valence-corrected chi connectivity index (χ0v) is 14.5. The van der Waals surface area contributed by atoms with Crippen LogP contribution in [0.25, 0.3) is 0 Å². The van der Waals surface area contributed by atoms with Gasteiger partial charge in [0.25, 0.3) is 0 Å². The zero-order chi connectivity index (χ0) is 16.5. The molecule has 0 atom stereocenters. The highest BCUT2D eigenvalue weighted by Gasteiger charge is 2.24. The maximum Gasteiger partial charge on any atom is 0.232 e. The van der Waals surface area contributed by atoms with Gasteiger partial charge in [-0.15, -0.1) is 0 Å². The first-order valence-electron chi connectivity index (χ1n) is 7.47. The van der Waals surface area contributed by atoms with Crippen LogP contribution in [-0.2, 0) is 21.2 Å². The average Bonchev–Trinajstić information content (AvgIpc) is 2.34. The number of nitrogens with one attached hydrogen (secondary N) is 1. The summed E-state index contributed by atoms with van der Waals surface area (Å²) in [5.41, 5.74) is 2.24. The molecule has 1 heterocycles. The van der Waals surface area contributed by atoms with Crippen LogP contribution in [0.15, 0.2) is 18.2 Å². The molecule has 0 saturated carbocycles. The van der Waals surface area contributed by atoms with E-state index in [0.717, 1.165) is 18.4 Å². The summed E-state index contributed by atoms with van der Waals surface area (Å²) in [6, 6.07) is 5.50. The van der Waals surface area contributed by atoms with Crippen LogP contribution in [0.1, 0.15) is 39.2 Å². The summed E-state index contributed by atoms with van der Waals surface area (Å²) in [7, 11) is -3.29. The maximum atomic E-state index is 12.0. The van der Waals surface area contributed by atoms with E-state index in [1.54, 1.807) is 6.07 Å². The van der Waals surface area contributed by atoms with Crippen molar-refractivity contribution < 1.29 is 13.2 Å². The largest absolute Gasteiger partial charge is 0.326 e. The third-order valence-electron chi connectivity index (χ3n) is 3.54. The summed E-state index contributed by atoms with van der Waals surface area (Å²) >= 11 is 0. The van der Waals surface area contributed by atoms with Crippen LogP contribution in [0.4, 0.5) is 11.4 Å². The van der Waals surface area contributed by atoms with Crippen LogP contribution in [0.3, 0.4) is 0 Å². The molecule has 0 spiro atoms. The third kappa shape index (κ3) is 4.22. The maximum absolute atomic E-state index is 12.0. The number of hydrogen-bond donors (Lipinski definition) is 1. The fourth-order valence-corrected chi connectivity index (χ4v) is 3.64. The van der Waals surface area contributed by atoms with Gasteiger partial charge in [0.1, 0.15) is 0 Å². The van der Waals surface area contributed by atoms with E-state index in [2.05, 4.69) is 5.32 Å². The molecule has 5 nitrogen and oxygen atoms in total. The molecule has 1 aliphatic rings. The van der Waals surface area contributed by atoms with Gasteiger partial charge in [0.2, 0.25) is 15.9 Å². The van der Waals surface area contributed by atoms with Crippen LogP contribution in [0.2, 0.25) is 0 Å². The molecule has 1 aromatic rings. The number of nitrogens with zero attached hydrogens (tertiary/aromatic N) is 1. The summed E-state index contributed by atoms with van der Waals surface area (Å²) in [6.45, 7) is 6.51. The normalized spacial score (nSPS) is 15.4. The molecular formula is C16H24N2O3S. The summed E-state index contributed by atoms with van der Waals surface area (Å²) in [5, 5.41) is 2.86. The Bertz CT molecular complexity index is 675. The van der Waals surface area contributed by atoms with E-state index >= 15 is 0 Å². The Morgan fingerprint density at radius 3 is 2.59 bits per heavy atom. The molecule has 0 aromatic heterocycles. The summed E-state index contributed by atoms with van der Waals surface area (Å²) < 4.78 is 25.2. The predicted octanol–water partition coefficient (Wildman–Crippen LogP) is 2.77. The van der Waals surface area contributed by atoms with E-state index < -0.39 is 10.0 Å². The van der Waals surface area contributed by atoms with Gasteiger partial charge in [-0.2, -0.15) is 0 Å². The average molecular weight is 324 g/mol. The zero-order valence-electron chi connectivity index (χ0n) is 13.6. The lowest BCUT2D eigenvalue weighted by molar-refractivity contribution is -0.117. The van der Waals surface area contributed by atoms with Gasteiger partial charge in [0.05, 0.1) is 11.9 Å². The van der Waals surface area contributed by atoms with Crippen molar-refractivity contribution in [2.45, 2.75) is 40.0 Å². The third-order valence-corrected chi connectivity index (χ3v) is 4.72. The molecule has 1 aliphatic heterocycles. The molecule has 1 aromatic carbocycles. The van der Waals surface area contributed by atoms with Gasteiger partial charge >= 0.3 is 0 Å². The number of sulfonamides is 1. The van der Waals surface area contributed by atoms with Crippen molar-refractivity contribution in [1.29, 1.82) is 0 Å². The summed E-state index contributed by atoms with van der Waals surface area (Å²) in [6.07, 6.45) is 3.31. The molecule has 0 radical (unpaired) electrons. The number of benzene rings is 1. The van der Waals surface area contributed by atoms with E-state index in [0.29, 0.717) is 24.3 Å². The first-order chi connectivity index (χ1) is 10.1. The van der Waals surface area contributed by atoms with Gasteiger partial charge in [0, 0.05) is 18.7 Å². The van der Waals surface area contributed by atoms with E-state index in [-0.39, 0.29) is 11.3 Å². The lowest BCUT2D eigenvalue weighted by Crippen LogP contribution is -2.34. The monoisotopic (exact) mass is 324 g/mol. The van der Waals surface area contributed by atoms with E-state index in [9.17, 15) is 13.2 Å². The van der Waals surface area contributed by atoms with E-state index in [4.69, 9.17) is 0 Å². The Kier molecular flexibility index (Phi) is 4.52. The van der Waals surface area contributed by atoms with Crippen LogP contribution in [0.5, 0.6) is 0 Å². The van der Waals surface area contributed by atoms with Crippen molar-refractivity contribution in [2.24, 2.45) is 5.41 Å². The number of carbonyl (C=O) groups is 1. The number of amides is 1. The van der Waals surface area contributed by atoms with E-state index in [1.807, 2.05) is 32.9 Å². The fourth-order valence-electron chi connectivity index (χ4n) is 2.65. The van der Waals surface area contributed by atoms with E-state index in [1.165, 1.54) is 10.6 Å². The van der Waals surface area contributed by atoms with Crippen molar-refractivity contribution in [2.75, 3.05) is 22.4 Å². The second-order valence-electron chi connectivity index (χ2n) is 7.07. The van der Waals surface area contributed by atoms with Gasteiger partial charge in [-0.25, -0.2) is 8.42 Å². The molecule has 0 fully saturated rings. The predicted molar refractivity (Wildman–Crippen MR) is 89.7 cm³/mol. The van der Waals surface area contributed by atoms with Crippen molar-refractivity contribution >= 4 is 27.3 Å². The Morgan fingerprint density at radius 1 is 1.32 bits per heavy atom. The minimum Gasteiger partial charge on any atom is -0.326 e. The highest BCUT2D eigenvalue weighted by molar-refractivity contribution is 7.92. The topological polar surface area (TPSA) is 66.5 Å². The first-order valence-corrected chi connectivity index (χ1v) is 9.32. The molecule has 1 N–H and O–H groups in total. The number of hydrogen-bond acceptors (Lipinski definition) is 3. The molecule has 122 valence electrons. The minimum absolute atomic E-state index is 0.0610. The SMILES string of the molecule is CC(C)(C)CC(=O)Nc1ccc2c(c1)N(S(C)(=O)=O)CCC2. The molecule has 0 saturated heterocycles. The molecule has 22 heavy (non-hydrogen) atoms. The Morgan fingerprint density at radius 2 is 2.00 bits per heavy atom. The quantitative estimate of drug-likeness (QED) is 0.929. The van der Waals surface area contributed by atoms with Gasteiger partial charge in [0.15, 0.2) is 0 Å². The van der Waals surface area contributed by atoms with Crippen LogP contribution in [-0.4, -0.2) is 27.1 Å². The van der Waals surface area contributed by atoms with Gasteiger partial charge in [-0.3, -0.25) is 9.10 Å². The number of rotatable bonds is 3. The molecule has 1 amide bonds. The Labute approximate surface area is 132 Å². The van der Waals surface area contributed by atoms with Crippen LogP contribution >= 0.6 is 0 Å². The second-order valence-corrected chi connectivity index (χ2v) is 8.97. The van der Waals surface area contributed by atoms with Crippen molar-refractivity contribution in [3.8, 4) is 0 Å². The lowest BCUT2D eigenvalue weighted by atomic mass is 9.92. The fraction of sp³-hybridized carbons (Fsp3) is 0.562. The van der Waals surface area contributed by atoms with Gasteiger partial charge in [-0.05, 0) is 36.0 Å². The Hall–Kier alpha value is -1.56. The summed E-state index contributed by atoms with van der Waals surface area (Å²) in [4.78, 5) is 12.0. The molecule has 6 heteroatoms. The standard InChI is InChI=1S/C16H24N2O3S/c1-16(2,3)11-15(19)17-13-8-7-12-6-5-9-18(14(12)10-13)22(4,20)21/h7-8,10H,5-6,9,11H2,1-4H3,(H,17,19). The van der Waals surface area contributed by atoms with Crippen LogP contribution < -0.4 is 9.62 Å². The Balaban J connectivity index is 2.25. The number of aryl methyl sites for hydroxylation is 1. The minimum atomic E-state index is -3.29. The molecule has 0 aliphatic carbocycles. The van der Waals surface area contributed by atoms with Crippen molar-refractivity contribution in [3.05, 3.63) is 23.8 Å². The molecule has 0 unspecified atom stereocenters. The second kappa shape index (κ2) is 5.91. The summed E-state index contributed by atoms with van der Waals surface area (Å²) in [5.74, 6) is -0.0610. The lowest BCUT2D eigenvalue weighted by Gasteiger charge is -2.29. The van der Waals surface area contributed by atoms with Crippen molar-refractivity contribution in [1.82, 2.24) is 0 Å². The highest BCUT2D eigenvalue weighted by atomic mass is 32.2. The smallest absolute Gasteiger partial charge is 0.232 e.